The summed E-state index contributed by atoms with van der Waals surface area (Å²) in [5, 5.41) is 0.619. The topological polar surface area (TPSA) is 49.9 Å². The van der Waals surface area contributed by atoms with E-state index < -0.39 is 0 Å². The highest BCUT2D eigenvalue weighted by Crippen LogP contribution is 2.25. The number of amides is 2. The number of anilines is 1. The van der Waals surface area contributed by atoms with E-state index in [-0.39, 0.29) is 17.7 Å². The number of nitrogens with zero attached hydrogens (tertiary/aromatic N) is 2. The average Bonchev–Trinajstić information content (AvgIpc) is 2.73. The Hall–Kier alpha value is -2.53. The molecule has 0 aromatic heterocycles. The summed E-state index contributed by atoms with van der Waals surface area (Å²) in [6, 6.07) is 14.3. The number of likely N-dealkylation sites (tertiary alicyclic amines) is 1. The first kappa shape index (κ1) is 19.2. The van der Waals surface area contributed by atoms with Crippen molar-refractivity contribution in [3.05, 3.63) is 59.1 Å². The van der Waals surface area contributed by atoms with Gasteiger partial charge in [0.15, 0.2) is 5.78 Å². The van der Waals surface area contributed by atoms with Gasteiger partial charge >= 0.3 is 6.03 Å². The predicted octanol–water partition coefficient (Wildman–Crippen LogP) is 4.50. The molecule has 1 fully saturated rings. The van der Waals surface area contributed by atoms with Gasteiger partial charge in [-0.3, -0.25) is 9.69 Å². The summed E-state index contributed by atoms with van der Waals surface area (Å²) < 4.78 is 5.15. The van der Waals surface area contributed by atoms with E-state index in [1.807, 2.05) is 24.3 Å². The number of carbonyl (C=O) groups is 2. The van der Waals surface area contributed by atoms with E-state index in [9.17, 15) is 9.59 Å². The van der Waals surface area contributed by atoms with Crippen LogP contribution in [0.4, 0.5) is 10.5 Å². The molecule has 0 bridgehead atoms. The van der Waals surface area contributed by atoms with Crippen molar-refractivity contribution >= 4 is 29.1 Å². The van der Waals surface area contributed by atoms with Crippen molar-refractivity contribution in [3.8, 4) is 5.75 Å². The van der Waals surface area contributed by atoms with Gasteiger partial charge in [-0.15, -0.1) is 0 Å². The second-order valence-corrected chi connectivity index (χ2v) is 7.11. The number of ether oxygens (including phenoxy) is 1. The molecule has 0 unspecified atom stereocenters. The van der Waals surface area contributed by atoms with E-state index in [4.69, 9.17) is 16.3 Å². The maximum atomic E-state index is 12.8. The summed E-state index contributed by atoms with van der Waals surface area (Å²) in [5.41, 5.74) is 1.49. The predicted molar refractivity (Wildman–Crippen MR) is 107 cm³/mol. The lowest BCUT2D eigenvalue weighted by molar-refractivity contribution is 0.0857. The zero-order chi connectivity index (χ0) is 19.4. The van der Waals surface area contributed by atoms with Gasteiger partial charge in [0.1, 0.15) is 5.75 Å². The van der Waals surface area contributed by atoms with Crippen molar-refractivity contribution in [2.45, 2.75) is 12.8 Å². The first-order chi connectivity index (χ1) is 13.0. The summed E-state index contributed by atoms with van der Waals surface area (Å²) in [6.45, 7) is 1.15. The minimum atomic E-state index is -0.0578. The Morgan fingerprint density at radius 1 is 1.04 bits per heavy atom. The third kappa shape index (κ3) is 4.42. The van der Waals surface area contributed by atoms with Gasteiger partial charge in [-0.1, -0.05) is 11.6 Å². The van der Waals surface area contributed by atoms with Crippen molar-refractivity contribution in [1.82, 2.24) is 4.90 Å². The maximum Gasteiger partial charge on any atom is 0.324 e. The minimum absolute atomic E-state index is 0.0541. The number of benzene rings is 2. The molecule has 0 atom stereocenters. The molecule has 3 rings (SSSR count). The molecule has 1 saturated heterocycles. The quantitative estimate of drug-likeness (QED) is 0.727. The lowest BCUT2D eigenvalue weighted by atomic mass is 9.89. The molecule has 0 saturated carbocycles. The highest BCUT2D eigenvalue weighted by atomic mass is 35.5. The van der Waals surface area contributed by atoms with Gasteiger partial charge in [0.2, 0.25) is 0 Å². The minimum Gasteiger partial charge on any atom is -0.497 e. The first-order valence-electron chi connectivity index (χ1n) is 8.96. The van der Waals surface area contributed by atoms with Gasteiger partial charge in [-0.25, -0.2) is 4.79 Å². The molecule has 0 N–H and O–H groups in total. The van der Waals surface area contributed by atoms with E-state index in [1.165, 1.54) is 0 Å². The summed E-state index contributed by atoms with van der Waals surface area (Å²) in [5.74, 6) is 0.824. The van der Waals surface area contributed by atoms with Crippen LogP contribution < -0.4 is 9.64 Å². The Labute approximate surface area is 164 Å². The van der Waals surface area contributed by atoms with E-state index in [1.54, 1.807) is 48.2 Å². The molecule has 0 spiro atoms. The first-order valence-corrected chi connectivity index (χ1v) is 9.34. The van der Waals surface area contributed by atoms with Crippen LogP contribution in [0.3, 0.4) is 0 Å². The van der Waals surface area contributed by atoms with Gasteiger partial charge in [-0.05, 0) is 61.4 Å². The van der Waals surface area contributed by atoms with Crippen LogP contribution in [0.2, 0.25) is 5.02 Å². The molecule has 1 aliphatic rings. The second-order valence-electron chi connectivity index (χ2n) is 6.67. The smallest absolute Gasteiger partial charge is 0.324 e. The molecule has 5 nitrogen and oxygen atoms in total. The van der Waals surface area contributed by atoms with Gasteiger partial charge in [0, 0.05) is 42.3 Å². The third-order valence-corrected chi connectivity index (χ3v) is 5.26. The van der Waals surface area contributed by atoms with Crippen LogP contribution in [0, 0.1) is 5.92 Å². The summed E-state index contributed by atoms with van der Waals surface area (Å²) in [6.07, 6.45) is 1.34. The van der Waals surface area contributed by atoms with Crippen molar-refractivity contribution in [3.63, 3.8) is 0 Å². The Balaban J connectivity index is 1.58. The lowest BCUT2D eigenvalue weighted by Crippen LogP contribution is -2.46. The Morgan fingerprint density at radius 3 is 2.19 bits per heavy atom. The molecule has 142 valence electrons. The number of hydrogen-bond acceptors (Lipinski definition) is 3. The zero-order valence-electron chi connectivity index (χ0n) is 15.5. The molecule has 27 heavy (non-hydrogen) atoms. The molecule has 2 aromatic rings. The van der Waals surface area contributed by atoms with Crippen molar-refractivity contribution in [2.24, 2.45) is 5.92 Å². The number of piperidine rings is 1. The van der Waals surface area contributed by atoms with Gasteiger partial charge in [0.25, 0.3) is 0 Å². The van der Waals surface area contributed by atoms with Crippen molar-refractivity contribution in [1.29, 1.82) is 0 Å². The highest BCUT2D eigenvalue weighted by Gasteiger charge is 2.29. The van der Waals surface area contributed by atoms with Crippen molar-refractivity contribution < 1.29 is 14.3 Å². The van der Waals surface area contributed by atoms with Crippen LogP contribution in [0.25, 0.3) is 0 Å². The number of urea groups is 1. The standard InChI is InChI=1S/C21H23ClN2O3/c1-23(18-7-9-19(27-2)10-8-18)21(26)24-13-11-16(12-14-24)20(25)15-3-5-17(22)6-4-15/h3-10,16H,11-14H2,1-2H3. The fourth-order valence-electron chi connectivity index (χ4n) is 3.31. The molecule has 2 amide bonds. The summed E-state index contributed by atoms with van der Waals surface area (Å²) in [7, 11) is 3.37. The lowest BCUT2D eigenvalue weighted by Gasteiger charge is -2.34. The molecule has 0 aliphatic carbocycles. The Kier molecular flexibility index (Phi) is 6.01. The van der Waals surface area contributed by atoms with Crippen molar-refractivity contribution in [2.75, 3.05) is 32.1 Å². The molecule has 2 aromatic carbocycles. The number of halogens is 1. The number of ketones is 1. The van der Waals surface area contributed by atoms with E-state index in [0.717, 1.165) is 11.4 Å². The number of methoxy groups -OCH3 is 1. The summed E-state index contributed by atoms with van der Waals surface area (Å²) >= 11 is 5.89. The average molecular weight is 387 g/mol. The Bertz CT molecular complexity index is 797. The maximum absolute atomic E-state index is 12.8. The normalized spacial score (nSPS) is 14.7. The van der Waals surface area contributed by atoms with E-state index in [2.05, 4.69) is 0 Å². The number of rotatable bonds is 4. The van der Waals surface area contributed by atoms with Crippen LogP contribution in [-0.4, -0.2) is 44.0 Å². The van der Waals surface area contributed by atoms with Crippen LogP contribution in [-0.2, 0) is 0 Å². The molecular formula is C21H23ClN2O3. The third-order valence-electron chi connectivity index (χ3n) is 5.01. The Morgan fingerprint density at radius 2 is 1.63 bits per heavy atom. The van der Waals surface area contributed by atoms with Gasteiger partial charge in [0.05, 0.1) is 7.11 Å². The largest absolute Gasteiger partial charge is 0.497 e. The van der Waals surface area contributed by atoms with Gasteiger partial charge < -0.3 is 9.64 Å². The molecule has 1 aliphatic heterocycles. The molecule has 0 radical (unpaired) electrons. The second kappa shape index (κ2) is 8.44. The number of Topliss-reactive ketones (excluding diaryl/α,β-unsaturated/α-hetero) is 1. The van der Waals surface area contributed by atoms with Gasteiger partial charge in [-0.2, -0.15) is 0 Å². The number of carbonyl (C=O) groups excluding carboxylic acids is 2. The fourth-order valence-corrected chi connectivity index (χ4v) is 3.44. The molecular weight excluding hydrogens is 364 g/mol. The highest BCUT2D eigenvalue weighted by molar-refractivity contribution is 6.30. The van der Waals surface area contributed by atoms with E-state index >= 15 is 0 Å². The molecule has 6 heteroatoms. The van der Waals surface area contributed by atoms with Crippen LogP contribution in [0.15, 0.2) is 48.5 Å². The van der Waals surface area contributed by atoms with Crippen LogP contribution >= 0.6 is 11.6 Å². The number of hydrogen-bond donors (Lipinski definition) is 0. The zero-order valence-corrected chi connectivity index (χ0v) is 16.3. The SMILES string of the molecule is COc1ccc(N(C)C(=O)N2CCC(C(=O)c3ccc(Cl)cc3)CC2)cc1. The monoisotopic (exact) mass is 386 g/mol. The summed E-state index contributed by atoms with van der Waals surface area (Å²) in [4.78, 5) is 28.8. The fraction of sp³-hybridized carbons (Fsp3) is 0.333. The molecule has 1 heterocycles. The van der Waals surface area contributed by atoms with Crippen LogP contribution in [0.5, 0.6) is 5.75 Å². The van der Waals surface area contributed by atoms with Crippen LogP contribution in [0.1, 0.15) is 23.2 Å². The van der Waals surface area contributed by atoms with E-state index in [0.29, 0.717) is 36.5 Å².